The number of benzene rings is 1. The molecule has 0 saturated carbocycles. The molecule has 112 valence electrons. The summed E-state index contributed by atoms with van der Waals surface area (Å²) < 4.78 is 13.9. The Hall–Kier alpha value is -2.21. The van der Waals surface area contributed by atoms with Crippen LogP contribution in [0.4, 0.5) is 16.0 Å². The minimum atomic E-state index is -0.223. The van der Waals surface area contributed by atoms with Gasteiger partial charge in [-0.15, -0.1) is 0 Å². The van der Waals surface area contributed by atoms with Crippen molar-refractivity contribution in [2.75, 3.05) is 17.4 Å². The first-order valence-electron chi connectivity index (χ1n) is 6.88. The summed E-state index contributed by atoms with van der Waals surface area (Å²) in [7, 11) is 1.87. The number of aryl methyl sites for hydroxylation is 1. The molecule has 0 fully saturated rings. The van der Waals surface area contributed by atoms with Crippen LogP contribution in [-0.4, -0.2) is 17.0 Å². The highest BCUT2D eigenvalue weighted by Crippen LogP contribution is 2.26. The number of hydrazine groups is 1. The van der Waals surface area contributed by atoms with Gasteiger partial charge >= 0.3 is 0 Å². The van der Waals surface area contributed by atoms with E-state index in [1.165, 1.54) is 6.07 Å². The summed E-state index contributed by atoms with van der Waals surface area (Å²) in [6.07, 6.45) is 0.699. The zero-order valence-corrected chi connectivity index (χ0v) is 12.5. The Morgan fingerprint density at radius 2 is 2.05 bits per heavy atom. The number of aromatic nitrogens is 2. The Labute approximate surface area is 124 Å². The zero-order chi connectivity index (χ0) is 15.4. The predicted octanol–water partition coefficient (Wildman–Crippen LogP) is 2.66. The van der Waals surface area contributed by atoms with Gasteiger partial charge in [-0.2, -0.15) is 0 Å². The van der Waals surface area contributed by atoms with E-state index in [4.69, 9.17) is 5.84 Å². The van der Waals surface area contributed by atoms with Crippen LogP contribution in [0.25, 0.3) is 0 Å². The molecule has 21 heavy (non-hydrogen) atoms. The molecule has 1 aromatic carbocycles. The Morgan fingerprint density at radius 3 is 2.67 bits per heavy atom. The molecule has 0 aliphatic rings. The smallest absolute Gasteiger partial charge is 0.145 e. The van der Waals surface area contributed by atoms with Crippen molar-refractivity contribution in [3.63, 3.8) is 0 Å². The van der Waals surface area contributed by atoms with Crippen LogP contribution >= 0.6 is 0 Å². The van der Waals surface area contributed by atoms with Gasteiger partial charge in [-0.3, -0.25) is 0 Å². The maximum atomic E-state index is 13.9. The van der Waals surface area contributed by atoms with Crippen molar-refractivity contribution in [2.24, 2.45) is 5.84 Å². The quantitative estimate of drug-likeness (QED) is 0.654. The van der Waals surface area contributed by atoms with Crippen molar-refractivity contribution in [1.82, 2.24) is 9.97 Å². The number of hydrogen-bond donors (Lipinski definition) is 2. The van der Waals surface area contributed by atoms with Crippen molar-refractivity contribution < 1.29 is 4.39 Å². The van der Waals surface area contributed by atoms with Crippen LogP contribution in [0.15, 0.2) is 30.3 Å². The summed E-state index contributed by atoms with van der Waals surface area (Å²) in [6.45, 7) is 3.90. The largest absolute Gasteiger partial charge is 0.353 e. The number of hydrogen-bond acceptors (Lipinski definition) is 5. The van der Waals surface area contributed by atoms with Crippen molar-refractivity contribution in [2.45, 2.75) is 26.3 Å². The summed E-state index contributed by atoms with van der Waals surface area (Å²) in [5.74, 6) is 7.15. The molecule has 2 aromatic rings. The van der Waals surface area contributed by atoms with Crippen LogP contribution < -0.4 is 16.2 Å². The van der Waals surface area contributed by atoms with Gasteiger partial charge in [0.15, 0.2) is 0 Å². The predicted molar refractivity (Wildman–Crippen MR) is 82.4 cm³/mol. The standard InChI is InChI=1S/C15H20FN5/c1-4-13-18-14(20-17)9-15(19-13)21(3)10(2)11-7-5-6-8-12(11)16/h5-10H,4,17H2,1-3H3,(H,18,19,20). The molecule has 0 radical (unpaired) electrons. The lowest BCUT2D eigenvalue weighted by Gasteiger charge is -2.27. The molecule has 0 saturated heterocycles. The third-order valence-corrected chi connectivity index (χ3v) is 3.52. The number of halogens is 1. The van der Waals surface area contributed by atoms with Crippen LogP contribution in [-0.2, 0) is 6.42 Å². The van der Waals surface area contributed by atoms with Gasteiger partial charge in [0.05, 0.1) is 6.04 Å². The van der Waals surface area contributed by atoms with Gasteiger partial charge in [0.1, 0.15) is 23.3 Å². The molecule has 0 spiro atoms. The summed E-state index contributed by atoms with van der Waals surface area (Å²) in [4.78, 5) is 10.6. The first-order valence-corrected chi connectivity index (χ1v) is 6.88. The summed E-state index contributed by atoms with van der Waals surface area (Å²) in [5, 5.41) is 0. The maximum Gasteiger partial charge on any atom is 0.145 e. The molecule has 1 unspecified atom stereocenters. The molecule has 5 nitrogen and oxygen atoms in total. The lowest BCUT2D eigenvalue weighted by molar-refractivity contribution is 0.583. The van der Waals surface area contributed by atoms with Gasteiger partial charge in [-0.1, -0.05) is 25.1 Å². The van der Waals surface area contributed by atoms with E-state index in [-0.39, 0.29) is 11.9 Å². The molecule has 1 atom stereocenters. The van der Waals surface area contributed by atoms with Gasteiger partial charge in [-0.05, 0) is 13.0 Å². The summed E-state index contributed by atoms with van der Waals surface area (Å²) in [5.41, 5.74) is 3.16. The first kappa shape index (κ1) is 15.2. The van der Waals surface area contributed by atoms with Crippen LogP contribution in [0.5, 0.6) is 0 Å². The monoisotopic (exact) mass is 289 g/mol. The van der Waals surface area contributed by atoms with Crippen molar-refractivity contribution in [3.05, 3.63) is 47.5 Å². The molecule has 0 bridgehead atoms. The molecule has 3 N–H and O–H groups in total. The SMILES string of the molecule is CCc1nc(NN)cc(N(C)C(C)c2ccccc2F)n1. The molecule has 1 aromatic heterocycles. The fourth-order valence-corrected chi connectivity index (χ4v) is 2.12. The van der Waals surface area contributed by atoms with Gasteiger partial charge in [0, 0.05) is 25.1 Å². The van der Waals surface area contributed by atoms with Crippen molar-refractivity contribution >= 4 is 11.6 Å². The number of nitrogens with two attached hydrogens (primary N) is 1. The summed E-state index contributed by atoms with van der Waals surface area (Å²) >= 11 is 0. The molecule has 6 heteroatoms. The average molecular weight is 289 g/mol. The summed E-state index contributed by atoms with van der Waals surface area (Å²) in [6, 6.07) is 8.34. The van der Waals surface area contributed by atoms with Crippen LogP contribution in [0.1, 0.15) is 31.3 Å². The molecule has 1 heterocycles. The van der Waals surface area contributed by atoms with Gasteiger partial charge in [0.2, 0.25) is 0 Å². The topological polar surface area (TPSA) is 67.1 Å². The maximum absolute atomic E-state index is 13.9. The van der Waals surface area contributed by atoms with Gasteiger partial charge < -0.3 is 10.3 Å². The van der Waals surface area contributed by atoms with Crippen molar-refractivity contribution in [3.8, 4) is 0 Å². The molecule has 0 aliphatic heterocycles. The van der Waals surface area contributed by atoms with E-state index in [1.807, 2.05) is 31.9 Å². The second kappa shape index (κ2) is 6.49. The molecule has 0 aliphatic carbocycles. The van der Waals surface area contributed by atoms with E-state index in [0.717, 1.165) is 0 Å². The van der Waals surface area contributed by atoms with Crippen LogP contribution in [0, 0.1) is 5.82 Å². The molecular formula is C15H20FN5. The number of nitrogens with zero attached hydrogens (tertiary/aromatic N) is 3. The van der Waals surface area contributed by atoms with Crippen LogP contribution in [0.2, 0.25) is 0 Å². The van der Waals surface area contributed by atoms with Gasteiger partial charge in [-0.25, -0.2) is 20.2 Å². The second-order valence-corrected chi connectivity index (χ2v) is 4.83. The minimum Gasteiger partial charge on any atom is -0.353 e. The van der Waals surface area contributed by atoms with Gasteiger partial charge in [0.25, 0.3) is 0 Å². The lowest BCUT2D eigenvalue weighted by atomic mass is 10.1. The number of anilines is 2. The highest BCUT2D eigenvalue weighted by Gasteiger charge is 2.17. The average Bonchev–Trinajstić information content (AvgIpc) is 2.53. The normalized spacial score (nSPS) is 12.0. The van der Waals surface area contributed by atoms with E-state index >= 15 is 0 Å². The van der Waals surface area contributed by atoms with E-state index < -0.39 is 0 Å². The Balaban J connectivity index is 2.35. The van der Waals surface area contributed by atoms with E-state index in [9.17, 15) is 4.39 Å². The number of nitrogens with one attached hydrogen (secondary N) is 1. The highest BCUT2D eigenvalue weighted by molar-refractivity contribution is 5.50. The Kier molecular flexibility index (Phi) is 4.70. The number of rotatable bonds is 5. The third-order valence-electron chi connectivity index (χ3n) is 3.52. The van der Waals surface area contributed by atoms with E-state index in [1.54, 1.807) is 18.2 Å². The fourth-order valence-electron chi connectivity index (χ4n) is 2.12. The lowest BCUT2D eigenvalue weighted by Crippen LogP contribution is -2.24. The second-order valence-electron chi connectivity index (χ2n) is 4.83. The zero-order valence-electron chi connectivity index (χ0n) is 12.5. The van der Waals surface area contributed by atoms with Crippen LogP contribution in [0.3, 0.4) is 0 Å². The third kappa shape index (κ3) is 3.28. The molecular weight excluding hydrogens is 269 g/mol. The van der Waals surface area contributed by atoms with E-state index in [2.05, 4.69) is 15.4 Å². The Bertz CT molecular complexity index is 595. The van der Waals surface area contributed by atoms with Crippen molar-refractivity contribution in [1.29, 1.82) is 0 Å². The minimum absolute atomic E-state index is 0.156. The number of nitrogen functional groups attached to an aromatic ring is 1. The molecule has 2 rings (SSSR count). The Morgan fingerprint density at radius 1 is 1.33 bits per heavy atom. The highest BCUT2D eigenvalue weighted by atomic mass is 19.1. The van der Waals surface area contributed by atoms with E-state index in [0.29, 0.717) is 29.4 Å². The first-order chi connectivity index (χ1) is 10.1. The molecule has 0 amide bonds. The fraction of sp³-hybridized carbons (Fsp3) is 0.333.